The number of benzene rings is 1. The molecule has 1 unspecified atom stereocenters. The molecule has 0 saturated carbocycles. The Morgan fingerprint density at radius 3 is 2.64 bits per heavy atom. The number of halogens is 3. The first-order valence-corrected chi connectivity index (χ1v) is 7.13. The lowest BCUT2D eigenvalue weighted by molar-refractivity contribution is -0.389. The van der Waals surface area contributed by atoms with Crippen molar-refractivity contribution >= 4 is 5.82 Å². The van der Waals surface area contributed by atoms with Gasteiger partial charge in [-0.2, -0.15) is 0 Å². The number of hydrogen-bond acceptors (Lipinski definition) is 6. The Morgan fingerprint density at radius 1 is 1.32 bits per heavy atom. The number of nitro groups is 1. The number of imidazole rings is 1. The monoisotopic (exact) mass is 359 g/mol. The van der Waals surface area contributed by atoms with Gasteiger partial charge in [-0.15, -0.1) is 13.2 Å². The maximum absolute atomic E-state index is 12.1. The SMILES string of the molecule is O=[N+]([O-])c1cn2c(n1)OCC(COc1ccc(OC(F)(F)F)cc1)C2. The smallest absolute Gasteiger partial charge is 0.493 e. The van der Waals surface area contributed by atoms with Crippen LogP contribution in [0.2, 0.25) is 0 Å². The second-order valence-electron chi connectivity index (χ2n) is 5.30. The first-order chi connectivity index (χ1) is 11.8. The van der Waals surface area contributed by atoms with Crippen LogP contribution in [0.15, 0.2) is 30.5 Å². The summed E-state index contributed by atoms with van der Waals surface area (Å²) in [6, 6.07) is 5.20. The predicted octanol–water partition coefficient (Wildman–Crippen LogP) is 2.78. The lowest BCUT2D eigenvalue weighted by Gasteiger charge is -2.22. The van der Waals surface area contributed by atoms with Crippen molar-refractivity contribution in [1.82, 2.24) is 9.55 Å². The third-order valence-corrected chi connectivity index (χ3v) is 3.36. The summed E-state index contributed by atoms with van der Waals surface area (Å²) < 4.78 is 52.4. The van der Waals surface area contributed by atoms with E-state index in [0.29, 0.717) is 12.3 Å². The molecule has 11 heteroatoms. The second kappa shape index (κ2) is 6.49. The first-order valence-electron chi connectivity index (χ1n) is 7.13. The van der Waals surface area contributed by atoms with Crippen LogP contribution in [0.25, 0.3) is 0 Å². The molecule has 0 saturated heterocycles. The van der Waals surface area contributed by atoms with Gasteiger partial charge in [0.1, 0.15) is 24.3 Å². The number of nitrogens with zero attached hydrogens (tertiary/aromatic N) is 3. The fourth-order valence-electron chi connectivity index (χ4n) is 2.30. The molecule has 3 rings (SSSR count). The van der Waals surface area contributed by atoms with Gasteiger partial charge in [-0.1, -0.05) is 0 Å². The molecule has 1 aliphatic rings. The van der Waals surface area contributed by atoms with Crippen molar-refractivity contribution in [3.05, 3.63) is 40.6 Å². The molecular formula is C14H12F3N3O5. The standard InChI is InChI=1S/C14H12F3N3O5/c15-14(16,17)25-11-3-1-10(2-4-11)23-7-9-5-19-6-12(20(21)22)18-13(19)24-8-9/h1-4,6,9H,5,7-8H2. The molecule has 0 fully saturated rings. The van der Waals surface area contributed by atoms with E-state index >= 15 is 0 Å². The van der Waals surface area contributed by atoms with E-state index < -0.39 is 11.3 Å². The quantitative estimate of drug-likeness (QED) is 0.602. The molecule has 1 aromatic carbocycles. The number of hydrogen-bond donors (Lipinski definition) is 0. The molecule has 134 valence electrons. The Kier molecular flexibility index (Phi) is 4.38. The topological polar surface area (TPSA) is 88.7 Å². The first kappa shape index (κ1) is 16.9. The highest BCUT2D eigenvalue weighted by molar-refractivity contribution is 5.31. The lowest BCUT2D eigenvalue weighted by atomic mass is 10.1. The highest BCUT2D eigenvalue weighted by Crippen LogP contribution is 2.26. The van der Waals surface area contributed by atoms with Crippen LogP contribution in [-0.2, 0) is 6.54 Å². The van der Waals surface area contributed by atoms with Gasteiger partial charge in [0.25, 0.3) is 0 Å². The van der Waals surface area contributed by atoms with Crippen LogP contribution in [-0.4, -0.2) is 34.1 Å². The largest absolute Gasteiger partial charge is 0.573 e. The zero-order valence-corrected chi connectivity index (χ0v) is 12.6. The van der Waals surface area contributed by atoms with Crippen molar-refractivity contribution in [2.24, 2.45) is 5.92 Å². The highest BCUT2D eigenvalue weighted by Gasteiger charge is 2.31. The van der Waals surface area contributed by atoms with E-state index in [9.17, 15) is 23.3 Å². The van der Waals surface area contributed by atoms with Crippen LogP contribution in [0.3, 0.4) is 0 Å². The molecule has 1 aliphatic heterocycles. The van der Waals surface area contributed by atoms with Gasteiger partial charge in [-0.05, 0) is 29.2 Å². The van der Waals surface area contributed by atoms with Crippen LogP contribution in [0.4, 0.5) is 19.0 Å². The van der Waals surface area contributed by atoms with E-state index in [4.69, 9.17) is 9.47 Å². The van der Waals surface area contributed by atoms with Crippen molar-refractivity contribution in [3.63, 3.8) is 0 Å². The molecule has 25 heavy (non-hydrogen) atoms. The number of rotatable bonds is 5. The van der Waals surface area contributed by atoms with Crippen molar-refractivity contribution in [1.29, 1.82) is 0 Å². The summed E-state index contributed by atoms with van der Waals surface area (Å²) in [6.07, 6.45) is -3.46. The summed E-state index contributed by atoms with van der Waals surface area (Å²) in [5, 5.41) is 10.7. The summed E-state index contributed by atoms with van der Waals surface area (Å²) in [4.78, 5) is 13.8. The van der Waals surface area contributed by atoms with Crippen molar-refractivity contribution < 1.29 is 32.3 Å². The third kappa shape index (κ3) is 4.31. The number of aromatic nitrogens is 2. The maximum Gasteiger partial charge on any atom is 0.573 e. The molecule has 2 aromatic rings. The van der Waals surface area contributed by atoms with Gasteiger partial charge < -0.3 is 24.3 Å². The minimum absolute atomic E-state index is 0.0904. The van der Waals surface area contributed by atoms with Gasteiger partial charge in [0.05, 0.1) is 6.61 Å². The minimum atomic E-state index is -4.74. The summed E-state index contributed by atoms with van der Waals surface area (Å²) in [6.45, 7) is 0.916. The molecule has 0 radical (unpaired) electrons. The highest BCUT2D eigenvalue weighted by atomic mass is 19.4. The molecule has 0 amide bonds. The molecule has 0 spiro atoms. The maximum atomic E-state index is 12.1. The van der Waals surface area contributed by atoms with Gasteiger partial charge >= 0.3 is 18.2 Å². The molecule has 2 heterocycles. The Bertz CT molecular complexity index is 760. The minimum Gasteiger partial charge on any atom is -0.493 e. The number of ether oxygens (including phenoxy) is 3. The van der Waals surface area contributed by atoms with E-state index in [1.165, 1.54) is 22.9 Å². The van der Waals surface area contributed by atoms with Crippen molar-refractivity contribution in [3.8, 4) is 17.5 Å². The molecule has 8 nitrogen and oxygen atoms in total. The Hall–Kier alpha value is -2.98. The van der Waals surface area contributed by atoms with E-state index in [1.54, 1.807) is 0 Å². The Labute approximate surface area is 138 Å². The normalized spacial score (nSPS) is 16.7. The summed E-state index contributed by atoms with van der Waals surface area (Å²) in [7, 11) is 0. The van der Waals surface area contributed by atoms with Crippen LogP contribution >= 0.6 is 0 Å². The lowest BCUT2D eigenvalue weighted by Crippen LogP contribution is -2.29. The van der Waals surface area contributed by atoms with Gasteiger partial charge in [0, 0.05) is 17.4 Å². The predicted molar refractivity (Wildman–Crippen MR) is 76.5 cm³/mol. The van der Waals surface area contributed by atoms with Gasteiger partial charge in [0.15, 0.2) is 0 Å². The van der Waals surface area contributed by atoms with Gasteiger partial charge in [0.2, 0.25) is 0 Å². The van der Waals surface area contributed by atoms with Gasteiger partial charge in [-0.25, -0.2) is 0 Å². The van der Waals surface area contributed by atoms with Crippen molar-refractivity contribution in [2.45, 2.75) is 12.9 Å². The zero-order valence-electron chi connectivity index (χ0n) is 12.6. The average Bonchev–Trinajstić information content (AvgIpc) is 2.96. The summed E-state index contributed by atoms with van der Waals surface area (Å²) in [5.41, 5.74) is 0. The van der Waals surface area contributed by atoms with E-state index in [-0.39, 0.29) is 36.7 Å². The van der Waals surface area contributed by atoms with E-state index in [2.05, 4.69) is 9.72 Å². The average molecular weight is 359 g/mol. The fourth-order valence-corrected chi connectivity index (χ4v) is 2.30. The van der Waals surface area contributed by atoms with Crippen LogP contribution in [0, 0.1) is 16.0 Å². The number of fused-ring (bicyclic) bond motifs is 1. The fraction of sp³-hybridized carbons (Fsp3) is 0.357. The van der Waals surface area contributed by atoms with Crippen LogP contribution in [0.5, 0.6) is 17.5 Å². The van der Waals surface area contributed by atoms with E-state index in [0.717, 1.165) is 12.1 Å². The summed E-state index contributed by atoms with van der Waals surface area (Å²) in [5.74, 6) is -0.350. The Balaban J connectivity index is 1.54. The third-order valence-electron chi connectivity index (χ3n) is 3.36. The molecular weight excluding hydrogens is 347 g/mol. The number of alkyl halides is 3. The second-order valence-corrected chi connectivity index (χ2v) is 5.30. The van der Waals surface area contributed by atoms with Crippen LogP contribution < -0.4 is 14.2 Å². The summed E-state index contributed by atoms with van der Waals surface area (Å²) >= 11 is 0. The molecule has 1 aromatic heterocycles. The van der Waals surface area contributed by atoms with Crippen molar-refractivity contribution in [2.75, 3.05) is 13.2 Å². The molecule has 0 N–H and O–H groups in total. The zero-order chi connectivity index (χ0) is 18.0. The molecule has 0 bridgehead atoms. The van der Waals surface area contributed by atoms with E-state index in [1.807, 2.05) is 0 Å². The van der Waals surface area contributed by atoms with Gasteiger partial charge in [-0.3, -0.25) is 4.57 Å². The van der Waals surface area contributed by atoms with Crippen LogP contribution in [0.1, 0.15) is 0 Å². The molecule has 0 aliphatic carbocycles. The molecule has 1 atom stereocenters. The Morgan fingerprint density at radius 2 is 2.00 bits per heavy atom.